The van der Waals surface area contributed by atoms with E-state index < -0.39 is 18.5 Å². The molecule has 1 rings (SSSR count). The van der Waals surface area contributed by atoms with Crippen molar-refractivity contribution in [2.24, 2.45) is 0 Å². The monoisotopic (exact) mass is 265 g/mol. The van der Waals surface area contributed by atoms with Crippen molar-refractivity contribution in [3.8, 4) is 0 Å². The smallest absolute Gasteiger partial charge is 0.338 e. The summed E-state index contributed by atoms with van der Waals surface area (Å²) >= 11 is 0. The van der Waals surface area contributed by atoms with Gasteiger partial charge in [0, 0.05) is 26.5 Å². The lowest BCUT2D eigenvalue weighted by atomic mass is 10.3. The van der Waals surface area contributed by atoms with E-state index in [0.717, 1.165) is 0 Å². The molecular formula is C12H15N3O4. The molecule has 0 unspecified atom stereocenters. The van der Waals surface area contributed by atoms with Crippen molar-refractivity contribution in [2.75, 3.05) is 27.2 Å². The molecular weight excluding hydrogens is 250 g/mol. The van der Waals surface area contributed by atoms with Gasteiger partial charge in [-0.15, -0.1) is 0 Å². The van der Waals surface area contributed by atoms with Gasteiger partial charge in [-0.25, -0.2) is 4.79 Å². The van der Waals surface area contributed by atoms with Crippen molar-refractivity contribution in [1.29, 1.82) is 0 Å². The highest BCUT2D eigenvalue weighted by molar-refractivity contribution is 5.91. The van der Waals surface area contributed by atoms with Crippen LogP contribution in [-0.2, 0) is 14.3 Å². The SMILES string of the molecule is CN(C)C(=O)CNC(=O)COC(=O)c1ccncc1. The summed E-state index contributed by atoms with van der Waals surface area (Å²) in [7, 11) is 3.16. The van der Waals surface area contributed by atoms with Crippen molar-refractivity contribution in [3.63, 3.8) is 0 Å². The molecule has 7 heteroatoms. The molecule has 7 nitrogen and oxygen atoms in total. The maximum absolute atomic E-state index is 11.5. The summed E-state index contributed by atoms with van der Waals surface area (Å²) in [6.07, 6.45) is 2.90. The van der Waals surface area contributed by atoms with Crippen LogP contribution in [0.3, 0.4) is 0 Å². The van der Waals surface area contributed by atoms with Crippen molar-refractivity contribution in [3.05, 3.63) is 30.1 Å². The fraction of sp³-hybridized carbons (Fsp3) is 0.333. The van der Waals surface area contributed by atoms with Gasteiger partial charge in [-0.2, -0.15) is 0 Å². The Morgan fingerprint density at radius 2 is 1.89 bits per heavy atom. The Labute approximate surface area is 110 Å². The number of amides is 2. The first kappa shape index (κ1) is 14.6. The third-order valence-corrected chi connectivity index (χ3v) is 2.19. The summed E-state index contributed by atoms with van der Waals surface area (Å²) in [5.41, 5.74) is 0.312. The zero-order chi connectivity index (χ0) is 14.3. The quantitative estimate of drug-likeness (QED) is 0.721. The summed E-state index contributed by atoms with van der Waals surface area (Å²) in [6.45, 7) is -0.555. The number of rotatable bonds is 5. The fourth-order valence-corrected chi connectivity index (χ4v) is 1.09. The van der Waals surface area contributed by atoms with Gasteiger partial charge in [0.1, 0.15) is 0 Å². The minimum Gasteiger partial charge on any atom is -0.452 e. The second-order valence-corrected chi connectivity index (χ2v) is 3.88. The highest BCUT2D eigenvalue weighted by Gasteiger charge is 2.11. The van der Waals surface area contributed by atoms with Crippen LogP contribution in [0.2, 0.25) is 0 Å². The third kappa shape index (κ3) is 5.15. The first-order valence-electron chi connectivity index (χ1n) is 5.54. The lowest BCUT2D eigenvalue weighted by Gasteiger charge is -2.11. The van der Waals surface area contributed by atoms with Crippen molar-refractivity contribution < 1.29 is 19.1 Å². The number of carbonyl (C=O) groups is 3. The van der Waals surface area contributed by atoms with Crippen LogP contribution in [-0.4, -0.2) is 54.9 Å². The zero-order valence-electron chi connectivity index (χ0n) is 10.8. The molecule has 0 bridgehead atoms. The van der Waals surface area contributed by atoms with Gasteiger partial charge in [0.2, 0.25) is 5.91 Å². The number of pyridine rings is 1. The highest BCUT2D eigenvalue weighted by Crippen LogP contribution is 1.98. The standard InChI is InChI=1S/C12H15N3O4/c1-15(2)11(17)7-14-10(16)8-19-12(18)9-3-5-13-6-4-9/h3-6H,7-8H2,1-2H3,(H,14,16). The van der Waals surface area contributed by atoms with Crippen LogP contribution >= 0.6 is 0 Å². The van der Waals surface area contributed by atoms with Crippen LogP contribution in [0, 0.1) is 0 Å². The maximum atomic E-state index is 11.5. The van der Waals surface area contributed by atoms with E-state index in [9.17, 15) is 14.4 Å². The Morgan fingerprint density at radius 3 is 2.47 bits per heavy atom. The number of nitrogens with zero attached hydrogens (tertiary/aromatic N) is 2. The number of hydrogen-bond acceptors (Lipinski definition) is 5. The molecule has 0 atom stereocenters. The fourth-order valence-electron chi connectivity index (χ4n) is 1.09. The maximum Gasteiger partial charge on any atom is 0.338 e. The molecule has 1 aromatic rings. The lowest BCUT2D eigenvalue weighted by molar-refractivity contribution is -0.131. The number of likely N-dealkylation sites (N-methyl/N-ethyl adjacent to an activating group) is 1. The first-order valence-corrected chi connectivity index (χ1v) is 5.54. The Hall–Kier alpha value is -2.44. The van der Waals surface area contributed by atoms with Gasteiger partial charge in [0.05, 0.1) is 12.1 Å². The molecule has 0 saturated carbocycles. The molecule has 19 heavy (non-hydrogen) atoms. The summed E-state index contributed by atoms with van der Waals surface area (Å²) in [6, 6.07) is 2.96. The molecule has 1 N–H and O–H groups in total. The predicted octanol–water partition coefficient (Wildman–Crippen LogP) is -0.557. The van der Waals surface area contributed by atoms with Crippen LogP contribution < -0.4 is 5.32 Å². The minimum absolute atomic E-state index is 0.126. The molecule has 0 aliphatic heterocycles. The second-order valence-electron chi connectivity index (χ2n) is 3.88. The molecule has 0 aliphatic carbocycles. The normalized spacial score (nSPS) is 9.58. The van der Waals surface area contributed by atoms with Crippen molar-refractivity contribution >= 4 is 17.8 Å². The van der Waals surface area contributed by atoms with Gasteiger partial charge in [0.25, 0.3) is 5.91 Å². The van der Waals surface area contributed by atoms with Crippen LogP contribution in [0.1, 0.15) is 10.4 Å². The van der Waals surface area contributed by atoms with Crippen molar-refractivity contribution in [2.45, 2.75) is 0 Å². The molecule has 0 spiro atoms. The third-order valence-electron chi connectivity index (χ3n) is 2.19. The molecule has 0 radical (unpaired) electrons. The largest absolute Gasteiger partial charge is 0.452 e. The Morgan fingerprint density at radius 1 is 1.26 bits per heavy atom. The molecule has 1 aromatic heterocycles. The lowest BCUT2D eigenvalue weighted by Crippen LogP contribution is -2.38. The molecule has 2 amide bonds. The molecule has 0 aliphatic rings. The van der Waals surface area contributed by atoms with Gasteiger partial charge >= 0.3 is 5.97 Å². The van der Waals surface area contributed by atoms with Crippen LogP contribution in [0.5, 0.6) is 0 Å². The van der Waals surface area contributed by atoms with Gasteiger partial charge in [-0.1, -0.05) is 0 Å². The van der Waals surface area contributed by atoms with E-state index in [2.05, 4.69) is 10.3 Å². The van der Waals surface area contributed by atoms with Crippen LogP contribution in [0.25, 0.3) is 0 Å². The van der Waals surface area contributed by atoms with E-state index in [0.29, 0.717) is 5.56 Å². The Bertz CT molecular complexity index is 459. The van der Waals surface area contributed by atoms with Crippen molar-refractivity contribution in [1.82, 2.24) is 15.2 Å². The number of aromatic nitrogens is 1. The number of hydrogen-bond donors (Lipinski definition) is 1. The van der Waals surface area contributed by atoms with E-state index in [4.69, 9.17) is 4.74 Å². The summed E-state index contributed by atoms with van der Waals surface area (Å²) in [4.78, 5) is 39.1. The van der Waals surface area contributed by atoms with E-state index in [1.807, 2.05) is 0 Å². The van der Waals surface area contributed by atoms with E-state index in [-0.39, 0.29) is 12.5 Å². The van der Waals surface area contributed by atoms with Gasteiger partial charge in [0.15, 0.2) is 6.61 Å². The Balaban J connectivity index is 2.31. The zero-order valence-corrected chi connectivity index (χ0v) is 10.8. The van der Waals surface area contributed by atoms with Gasteiger partial charge in [-0.05, 0) is 12.1 Å². The molecule has 0 saturated heterocycles. The summed E-state index contributed by atoms with van der Waals surface area (Å²) < 4.78 is 4.78. The summed E-state index contributed by atoms with van der Waals surface area (Å²) in [5, 5.41) is 2.35. The minimum atomic E-state index is -0.614. The van der Waals surface area contributed by atoms with Crippen LogP contribution in [0.4, 0.5) is 0 Å². The Kier molecular flexibility index (Phi) is 5.46. The summed E-state index contributed by atoms with van der Waals surface area (Å²) in [5.74, 6) is -1.39. The van der Waals surface area contributed by atoms with Gasteiger partial charge < -0.3 is 15.0 Å². The topological polar surface area (TPSA) is 88.6 Å². The average Bonchev–Trinajstić information content (AvgIpc) is 2.42. The molecule has 0 fully saturated rings. The molecule has 1 heterocycles. The number of esters is 1. The highest BCUT2D eigenvalue weighted by atomic mass is 16.5. The predicted molar refractivity (Wildman–Crippen MR) is 66.2 cm³/mol. The number of ether oxygens (including phenoxy) is 1. The molecule has 0 aromatic carbocycles. The van der Waals surface area contributed by atoms with E-state index >= 15 is 0 Å². The molecule has 102 valence electrons. The van der Waals surface area contributed by atoms with Gasteiger partial charge in [-0.3, -0.25) is 14.6 Å². The number of carbonyl (C=O) groups excluding carboxylic acids is 3. The van der Waals surface area contributed by atoms with E-state index in [1.165, 1.54) is 29.4 Å². The van der Waals surface area contributed by atoms with Crippen LogP contribution in [0.15, 0.2) is 24.5 Å². The second kappa shape index (κ2) is 7.10. The first-order chi connectivity index (χ1) is 9.00. The van der Waals surface area contributed by atoms with E-state index in [1.54, 1.807) is 14.1 Å². The average molecular weight is 265 g/mol. The number of nitrogens with one attached hydrogen (secondary N) is 1.